The Balaban J connectivity index is 1.72. The fourth-order valence-electron chi connectivity index (χ4n) is 3.44. The molecule has 4 aromatic rings. The van der Waals surface area contributed by atoms with Crippen LogP contribution in [0.25, 0.3) is 11.3 Å². The molecule has 0 unspecified atom stereocenters. The summed E-state index contributed by atoms with van der Waals surface area (Å²) in [6, 6.07) is 9.92. The molecular weight excluding hydrogens is 492 g/mol. The van der Waals surface area contributed by atoms with Crippen molar-refractivity contribution in [1.29, 1.82) is 0 Å². The van der Waals surface area contributed by atoms with Gasteiger partial charge in [0, 0.05) is 23.3 Å². The fraction of sp³-hybridized carbons (Fsp3) is 0.217. The van der Waals surface area contributed by atoms with Gasteiger partial charge in [-0.05, 0) is 43.3 Å². The molecule has 0 saturated heterocycles. The van der Waals surface area contributed by atoms with Crippen molar-refractivity contribution in [1.82, 2.24) is 20.2 Å². The predicted molar refractivity (Wildman–Crippen MR) is 129 cm³/mol. The summed E-state index contributed by atoms with van der Waals surface area (Å²) in [6.07, 6.45) is 4.18. The molecule has 0 amide bonds. The zero-order valence-electron chi connectivity index (χ0n) is 19.1. The van der Waals surface area contributed by atoms with Gasteiger partial charge in [-0.25, -0.2) is 4.98 Å². The van der Waals surface area contributed by atoms with E-state index in [0.29, 0.717) is 22.0 Å². The quantitative estimate of drug-likeness (QED) is 0.169. The Morgan fingerprint density at radius 2 is 2.14 bits per heavy atom. The van der Waals surface area contributed by atoms with E-state index in [-0.39, 0.29) is 43.6 Å². The molecule has 0 radical (unpaired) electrons. The molecule has 1 aromatic carbocycles. The number of benzene rings is 1. The van der Waals surface area contributed by atoms with Crippen molar-refractivity contribution in [3.05, 3.63) is 76.1 Å². The molecule has 0 atom stereocenters. The molecular formula is C23H21ClN6O6. The summed E-state index contributed by atoms with van der Waals surface area (Å²) < 4.78 is 16.3. The van der Waals surface area contributed by atoms with Crippen LogP contribution in [0, 0.1) is 10.1 Å². The highest BCUT2D eigenvalue weighted by molar-refractivity contribution is 6.31. The maximum Gasteiger partial charge on any atom is 0.373 e. The molecule has 0 aliphatic heterocycles. The van der Waals surface area contributed by atoms with Crippen molar-refractivity contribution in [2.45, 2.75) is 19.9 Å². The standard InChI is InChI=1S/C23H21ClN6O6/c1-2-34-20(31)8-10-29(13-16-4-3-11-35-16)22-21(30(32)33)23(26-14-25-22)36-19-6-5-15(24)12-17(19)18-7-9-27-28-18/h3-7,9,11-12,14H,2,8,10,13H2,1H3,(H,27,28). The highest BCUT2D eigenvalue weighted by Gasteiger charge is 2.30. The Labute approximate surface area is 210 Å². The first-order chi connectivity index (χ1) is 17.5. The molecule has 3 heterocycles. The van der Waals surface area contributed by atoms with Crippen molar-refractivity contribution in [2.24, 2.45) is 0 Å². The number of carbonyl (C=O) groups excluding carboxylic acids is 1. The van der Waals surface area contributed by atoms with E-state index in [2.05, 4.69) is 20.2 Å². The molecule has 0 aliphatic rings. The van der Waals surface area contributed by atoms with E-state index < -0.39 is 16.6 Å². The number of H-pyrrole nitrogens is 1. The van der Waals surface area contributed by atoms with Gasteiger partial charge in [0.05, 0.1) is 36.5 Å². The number of esters is 1. The van der Waals surface area contributed by atoms with Gasteiger partial charge in [0.15, 0.2) is 0 Å². The second-order valence-corrected chi connectivity index (χ2v) is 7.81. The van der Waals surface area contributed by atoms with Crippen LogP contribution < -0.4 is 9.64 Å². The average molecular weight is 513 g/mol. The van der Waals surface area contributed by atoms with Crippen molar-refractivity contribution in [2.75, 3.05) is 18.1 Å². The van der Waals surface area contributed by atoms with Crippen molar-refractivity contribution >= 4 is 29.1 Å². The number of hydrogen-bond donors (Lipinski definition) is 1. The lowest BCUT2D eigenvalue weighted by Crippen LogP contribution is -2.28. The van der Waals surface area contributed by atoms with Crippen LogP contribution in [0.2, 0.25) is 5.02 Å². The number of nitro groups is 1. The van der Waals surface area contributed by atoms with Crippen LogP contribution in [-0.2, 0) is 16.1 Å². The predicted octanol–water partition coefficient (Wildman–Crippen LogP) is 4.77. The van der Waals surface area contributed by atoms with Gasteiger partial charge in [0.1, 0.15) is 17.8 Å². The van der Waals surface area contributed by atoms with Gasteiger partial charge in [0.2, 0.25) is 5.82 Å². The summed E-state index contributed by atoms with van der Waals surface area (Å²) in [6.45, 7) is 2.12. The van der Waals surface area contributed by atoms with Crippen LogP contribution in [0.4, 0.5) is 11.5 Å². The van der Waals surface area contributed by atoms with Gasteiger partial charge in [-0.15, -0.1) is 0 Å². The normalized spacial score (nSPS) is 10.7. The van der Waals surface area contributed by atoms with Crippen LogP contribution in [0.15, 0.2) is 59.6 Å². The second kappa shape index (κ2) is 11.3. The first-order valence-corrected chi connectivity index (χ1v) is 11.2. The maximum atomic E-state index is 12.2. The first-order valence-electron chi connectivity index (χ1n) is 10.9. The summed E-state index contributed by atoms with van der Waals surface area (Å²) in [5, 5.41) is 19.4. The lowest BCUT2D eigenvalue weighted by atomic mass is 10.1. The SMILES string of the molecule is CCOC(=O)CCN(Cc1ccco1)c1ncnc(Oc2ccc(Cl)cc2-c2ccn[nH]2)c1[N+](=O)[O-]. The van der Waals surface area contributed by atoms with Crippen LogP contribution in [-0.4, -0.2) is 44.2 Å². The lowest BCUT2D eigenvalue weighted by molar-refractivity contribution is -0.385. The molecule has 36 heavy (non-hydrogen) atoms. The summed E-state index contributed by atoms with van der Waals surface area (Å²) in [5.41, 5.74) is 0.654. The first kappa shape index (κ1) is 24.7. The minimum atomic E-state index is -0.629. The van der Waals surface area contributed by atoms with E-state index in [1.807, 2.05) is 0 Å². The number of nitrogens with one attached hydrogen (secondary N) is 1. The number of halogens is 1. The highest BCUT2D eigenvalue weighted by atomic mass is 35.5. The van der Waals surface area contributed by atoms with Crippen LogP contribution in [0.3, 0.4) is 0 Å². The molecule has 1 N–H and O–H groups in total. The zero-order chi connectivity index (χ0) is 25.5. The number of nitrogens with zero attached hydrogens (tertiary/aromatic N) is 5. The number of aromatic nitrogens is 4. The molecule has 186 valence electrons. The van der Waals surface area contributed by atoms with E-state index in [1.165, 1.54) is 6.26 Å². The molecule has 4 rings (SSSR count). The number of hydrogen-bond acceptors (Lipinski definition) is 10. The Morgan fingerprint density at radius 1 is 1.28 bits per heavy atom. The van der Waals surface area contributed by atoms with E-state index >= 15 is 0 Å². The maximum absolute atomic E-state index is 12.2. The van der Waals surface area contributed by atoms with Crippen LogP contribution in [0.5, 0.6) is 11.6 Å². The summed E-state index contributed by atoms with van der Waals surface area (Å²) in [5.74, 6) is 0.0193. The van der Waals surface area contributed by atoms with Crippen molar-refractivity contribution in [3.63, 3.8) is 0 Å². The third kappa shape index (κ3) is 5.78. The number of ether oxygens (including phenoxy) is 2. The van der Waals surface area contributed by atoms with Crippen molar-refractivity contribution < 1.29 is 23.6 Å². The summed E-state index contributed by atoms with van der Waals surface area (Å²) in [7, 11) is 0. The molecule has 3 aromatic heterocycles. The van der Waals surface area contributed by atoms with Gasteiger partial charge >= 0.3 is 17.5 Å². The Hall–Kier alpha value is -4.45. The second-order valence-electron chi connectivity index (χ2n) is 7.38. The Bertz CT molecular complexity index is 1330. The molecule has 0 aliphatic carbocycles. The summed E-state index contributed by atoms with van der Waals surface area (Å²) in [4.78, 5) is 33.3. The summed E-state index contributed by atoms with van der Waals surface area (Å²) >= 11 is 6.16. The Morgan fingerprint density at radius 3 is 2.83 bits per heavy atom. The zero-order valence-corrected chi connectivity index (χ0v) is 19.8. The number of carbonyl (C=O) groups is 1. The van der Waals surface area contributed by atoms with Gasteiger partial charge in [-0.3, -0.25) is 20.0 Å². The monoisotopic (exact) mass is 512 g/mol. The third-order valence-corrected chi connectivity index (χ3v) is 5.24. The van der Waals surface area contributed by atoms with Crippen LogP contribution in [0.1, 0.15) is 19.1 Å². The Kier molecular flexibility index (Phi) is 7.75. The van der Waals surface area contributed by atoms with Crippen molar-refractivity contribution in [3.8, 4) is 22.9 Å². The molecule has 13 heteroatoms. The van der Waals surface area contributed by atoms with Crippen LogP contribution >= 0.6 is 11.6 Å². The molecule has 0 bridgehead atoms. The van der Waals surface area contributed by atoms with Gasteiger partial charge in [-0.1, -0.05) is 11.6 Å². The number of aromatic amines is 1. The number of furan rings is 1. The van der Waals surface area contributed by atoms with E-state index in [4.69, 9.17) is 25.5 Å². The molecule has 0 saturated carbocycles. The molecule has 12 nitrogen and oxygen atoms in total. The van der Waals surface area contributed by atoms with Gasteiger partial charge < -0.3 is 18.8 Å². The molecule has 0 fully saturated rings. The lowest BCUT2D eigenvalue weighted by Gasteiger charge is -2.22. The molecule has 0 spiro atoms. The topological polar surface area (TPSA) is 150 Å². The largest absolute Gasteiger partial charge is 0.467 e. The smallest absolute Gasteiger partial charge is 0.373 e. The van der Waals surface area contributed by atoms with E-state index in [0.717, 1.165) is 6.33 Å². The average Bonchev–Trinajstić information content (AvgIpc) is 3.57. The minimum absolute atomic E-state index is 0.0208. The minimum Gasteiger partial charge on any atom is -0.467 e. The number of anilines is 1. The third-order valence-electron chi connectivity index (χ3n) is 5.01. The van der Waals surface area contributed by atoms with Gasteiger partial charge in [-0.2, -0.15) is 10.1 Å². The number of rotatable bonds is 11. The van der Waals surface area contributed by atoms with E-state index in [9.17, 15) is 14.9 Å². The highest BCUT2D eigenvalue weighted by Crippen LogP contribution is 2.40. The fourth-order valence-corrected chi connectivity index (χ4v) is 3.61. The van der Waals surface area contributed by atoms with Gasteiger partial charge in [0.25, 0.3) is 0 Å². The van der Waals surface area contributed by atoms with E-state index in [1.54, 1.807) is 54.4 Å².